The average molecular weight is 367 g/mol. The van der Waals surface area contributed by atoms with E-state index in [0.717, 1.165) is 19.0 Å². The van der Waals surface area contributed by atoms with Gasteiger partial charge in [0.25, 0.3) is 0 Å². The average Bonchev–Trinajstić information content (AvgIpc) is 2.76. The zero-order valence-corrected chi connectivity index (χ0v) is 15.6. The minimum Gasteiger partial charge on any atom is -1.00 e. The third-order valence-electron chi connectivity index (χ3n) is 2.82. The Labute approximate surface area is 134 Å². The first kappa shape index (κ1) is 19.8. The number of aromatic nitrogens is 2. The molecule has 0 aliphatic rings. The fraction of sp³-hybridized carbons (Fsp3) is 0.769. The maximum atomic E-state index is 5.83. The van der Waals surface area contributed by atoms with E-state index < -0.39 is 8.80 Å². The molecule has 20 heavy (non-hydrogen) atoms. The van der Waals surface area contributed by atoms with Gasteiger partial charge in [-0.2, -0.15) is 0 Å². The molecule has 0 saturated heterocycles. The molecule has 0 unspecified atom stereocenters. The number of nitrogens with zero attached hydrogens (tertiary/aromatic N) is 2. The monoisotopic (exact) mass is 366 g/mol. The van der Waals surface area contributed by atoms with Crippen molar-refractivity contribution in [2.24, 2.45) is 7.05 Å². The van der Waals surface area contributed by atoms with Crippen molar-refractivity contribution in [1.82, 2.24) is 4.57 Å². The van der Waals surface area contributed by atoms with E-state index in [4.69, 9.17) is 13.3 Å². The molecule has 0 N–H and O–H groups in total. The second-order valence-corrected chi connectivity index (χ2v) is 7.13. The molecule has 5 nitrogen and oxygen atoms in total. The molecule has 0 aromatic carbocycles. The quantitative estimate of drug-likeness (QED) is 0.383. The van der Waals surface area contributed by atoms with Gasteiger partial charge in [0.1, 0.15) is 12.4 Å². The SMILES string of the molecule is CCO[Si](CCCn1cc[n+](C)c1)(OCC)OCC.[Br-]. The smallest absolute Gasteiger partial charge is 0.501 e. The number of imidazole rings is 1. The van der Waals surface area contributed by atoms with E-state index in [0.29, 0.717) is 19.8 Å². The molecule has 0 saturated carbocycles. The Kier molecular flexibility index (Phi) is 10.4. The minimum atomic E-state index is -2.46. The van der Waals surface area contributed by atoms with Gasteiger partial charge in [-0.25, -0.2) is 9.13 Å². The highest BCUT2D eigenvalue weighted by atomic mass is 79.9. The van der Waals surface area contributed by atoms with E-state index in [1.807, 2.05) is 38.6 Å². The van der Waals surface area contributed by atoms with Gasteiger partial charge in [-0.15, -0.1) is 0 Å². The Morgan fingerprint density at radius 2 is 1.60 bits per heavy atom. The highest BCUT2D eigenvalue weighted by Crippen LogP contribution is 2.18. The van der Waals surface area contributed by atoms with Crippen molar-refractivity contribution in [3.8, 4) is 0 Å². The summed E-state index contributed by atoms with van der Waals surface area (Å²) in [6.07, 6.45) is 7.19. The summed E-state index contributed by atoms with van der Waals surface area (Å²) < 4.78 is 21.7. The molecule has 0 radical (unpaired) electrons. The molecule has 0 aliphatic carbocycles. The fourth-order valence-electron chi connectivity index (χ4n) is 2.11. The van der Waals surface area contributed by atoms with Crippen LogP contribution in [-0.2, 0) is 26.9 Å². The molecule has 1 rings (SSSR count). The van der Waals surface area contributed by atoms with Crippen LogP contribution in [0.3, 0.4) is 0 Å². The van der Waals surface area contributed by atoms with Gasteiger partial charge >= 0.3 is 8.80 Å². The Hall–Kier alpha value is -0.213. The Bertz CT molecular complexity index is 346. The topological polar surface area (TPSA) is 36.5 Å². The van der Waals surface area contributed by atoms with Crippen LogP contribution in [0, 0.1) is 0 Å². The first-order valence-electron chi connectivity index (χ1n) is 7.08. The van der Waals surface area contributed by atoms with E-state index in [-0.39, 0.29) is 17.0 Å². The van der Waals surface area contributed by atoms with Crippen molar-refractivity contribution >= 4 is 8.80 Å². The molecule has 118 valence electrons. The maximum absolute atomic E-state index is 5.83. The normalized spacial score (nSPS) is 11.4. The molecular formula is C13H27BrN2O3Si. The van der Waals surface area contributed by atoms with Crippen molar-refractivity contribution in [3.63, 3.8) is 0 Å². The summed E-state index contributed by atoms with van der Waals surface area (Å²) in [7, 11) is -0.439. The van der Waals surface area contributed by atoms with Crippen LogP contribution < -0.4 is 21.5 Å². The van der Waals surface area contributed by atoms with Crippen LogP contribution in [0.5, 0.6) is 0 Å². The molecular weight excluding hydrogens is 340 g/mol. The Morgan fingerprint density at radius 1 is 1.05 bits per heavy atom. The summed E-state index contributed by atoms with van der Waals surface area (Å²) in [6, 6.07) is 0.865. The molecule has 0 atom stereocenters. The summed E-state index contributed by atoms with van der Waals surface area (Å²) in [4.78, 5) is 0. The summed E-state index contributed by atoms with van der Waals surface area (Å²) in [5, 5.41) is 0. The van der Waals surface area contributed by atoms with Gasteiger partial charge in [-0.1, -0.05) is 0 Å². The highest BCUT2D eigenvalue weighted by Gasteiger charge is 2.39. The second-order valence-electron chi connectivity index (χ2n) is 4.40. The lowest BCUT2D eigenvalue weighted by atomic mass is 10.5. The van der Waals surface area contributed by atoms with Crippen molar-refractivity contribution in [2.75, 3.05) is 19.8 Å². The number of halogens is 1. The number of rotatable bonds is 10. The summed E-state index contributed by atoms with van der Waals surface area (Å²) in [5.74, 6) is 0. The molecule has 0 bridgehead atoms. The van der Waals surface area contributed by atoms with Crippen LogP contribution in [0.1, 0.15) is 27.2 Å². The highest BCUT2D eigenvalue weighted by molar-refractivity contribution is 6.60. The predicted molar refractivity (Wildman–Crippen MR) is 75.7 cm³/mol. The van der Waals surface area contributed by atoms with Crippen molar-refractivity contribution in [2.45, 2.75) is 39.8 Å². The van der Waals surface area contributed by atoms with Gasteiger partial charge in [-0.05, 0) is 27.2 Å². The molecule has 0 amide bonds. The standard InChI is InChI=1S/C13H27N2O3Si.BrH/c1-5-16-19(17-6-2,18-7-3)12-8-9-15-11-10-14(4)13-15;/h10-11,13H,5-9,12H2,1-4H3;1H/q+1;/p-1. The molecule has 0 spiro atoms. The van der Waals surface area contributed by atoms with E-state index in [1.54, 1.807) is 0 Å². The van der Waals surface area contributed by atoms with Crippen molar-refractivity contribution in [3.05, 3.63) is 18.7 Å². The van der Waals surface area contributed by atoms with Crippen molar-refractivity contribution in [1.29, 1.82) is 0 Å². The Morgan fingerprint density at radius 3 is 2.00 bits per heavy atom. The zero-order valence-electron chi connectivity index (χ0n) is 13.0. The molecule has 1 heterocycles. The van der Waals surface area contributed by atoms with Crippen LogP contribution in [-0.4, -0.2) is 33.2 Å². The van der Waals surface area contributed by atoms with E-state index >= 15 is 0 Å². The van der Waals surface area contributed by atoms with Gasteiger partial charge in [-0.3, -0.25) is 0 Å². The predicted octanol–water partition coefficient (Wildman–Crippen LogP) is -1.24. The minimum absolute atomic E-state index is 0. The largest absolute Gasteiger partial charge is 1.00 e. The number of hydrogen-bond donors (Lipinski definition) is 0. The summed E-state index contributed by atoms with van der Waals surface area (Å²) >= 11 is 0. The van der Waals surface area contributed by atoms with Crippen LogP contribution in [0.15, 0.2) is 18.7 Å². The van der Waals surface area contributed by atoms with Gasteiger partial charge in [0, 0.05) is 25.9 Å². The van der Waals surface area contributed by atoms with Gasteiger partial charge in [0.05, 0.1) is 13.6 Å². The molecule has 0 aliphatic heterocycles. The lowest BCUT2D eigenvalue weighted by Gasteiger charge is -2.28. The van der Waals surface area contributed by atoms with Crippen LogP contribution in [0.25, 0.3) is 0 Å². The summed E-state index contributed by atoms with van der Waals surface area (Å²) in [6.45, 7) is 8.87. The first-order chi connectivity index (χ1) is 9.15. The molecule has 7 heteroatoms. The third kappa shape index (κ3) is 6.49. The van der Waals surface area contributed by atoms with Gasteiger partial charge in [0.2, 0.25) is 6.33 Å². The molecule has 0 fully saturated rings. The number of aryl methyl sites for hydroxylation is 2. The van der Waals surface area contributed by atoms with Crippen LogP contribution in [0.4, 0.5) is 0 Å². The fourth-order valence-corrected chi connectivity index (χ4v) is 4.71. The van der Waals surface area contributed by atoms with E-state index in [1.165, 1.54) is 0 Å². The molecule has 1 aromatic rings. The van der Waals surface area contributed by atoms with E-state index in [2.05, 4.69) is 17.1 Å². The second kappa shape index (κ2) is 10.5. The lowest BCUT2D eigenvalue weighted by molar-refractivity contribution is -0.671. The van der Waals surface area contributed by atoms with Crippen LogP contribution in [0.2, 0.25) is 6.04 Å². The zero-order chi connectivity index (χ0) is 14.1. The number of hydrogen-bond acceptors (Lipinski definition) is 3. The maximum Gasteiger partial charge on any atom is 0.501 e. The van der Waals surface area contributed by atoms with Gasteiger partial charge < -0.3 is 30.3 Å². The first-order valence-corrected chi connectivity index (χ1v) is 9.01. The third-order valence-corrected chi connectivity index (χ3v) is 5.97. The van der Waals surface area contributed by atoms with Gasteiger partial charge in [0.15, 0.2) is 0 Å². The lowest BCUT2D eigenvalue weighted by Crippen LogP contribution is -3.00. The van der Waals surface area contributed by atoms with Crippen LogP contribution >= 0.6 is 0 Å². The summed E-state index contributed by atoms with van der Waals surface area (Å²) in [5.41, 5.74) is 0. The van der Waals surface area contributed by atoms with Crippen molar-refractivity contribution < 1.29 is 34.8 Å². The van der Waals surface area contributed by atoms with E-state index in [9.17, 15) is 0 Å². The Balaban J connectivity index is 0.00000361. The molecule has 1 aromatic heterocycles.